The Morgan fingerprint density at radius 3 is 2.39 bits per heavy atom. The highest BCUT2D eigenvalue weighted by molar-refractivity contribution is 6.02. The summed E-state index contributed by atoms with van der Waals surface area (Å²) in [4.78, 5) is 22.8. The van der Waals surface area contributed by atoms with Crippen molar-refractivity contribution in [3.63, 3.8) is 0 Å². The van der Waals surface area contributed by atoms with Gasteiger partial charge in [-0.25, -0.2) is 4.79 Å². The number of benzene rings is 1. The zero-order valence-electron chi connectivity index (χ0n) is 11.7. The first-order chi connectivity index (χ1) is 8.60. The minimum atomic E-state index is -0.449. The van der Waals surface area contributed by atoms with Gasteiger partial charge in [-0.05, 0) is 18.6 Å². The molecule has 0 unspecified atom stereocenters. The lowest BCUT2D eigenvalue weighted by Gasteiger charge is -2.11. The Balaban J connectivity index is 0.00000137. The average Bonchev–Trinajstić information content (AvgIpc) is 2.42. The van der Waals surface area contributed by atoms with Crippen LogP contribution in [0.4, 0.5) is 5.69 Å². The standard InChI is InChI=1S/C12H15NO3.C2H6/c1-4-10(14)13-11-8(2)6-5-7-9(11)12(15)16-3;1-2/h5-7H,4H2,1-3H3,(H,13,14);1-2H3. The number of esters is 1. The van der Waals surface area contributed by atoms with Gasteiger partial charge in [-0.1, -0.05) is 32.9 Å². The molecule has 100 valence electrons. The summed E-state index contributed by atoms with van der Waals surface area (Å²) in [5, 5.41) is 2.70. The minimum absolute atomic E-state index is 0.126. The molecule has 0 fully saturated rings. The van der Waals surface area contributed by atoms with E-state index in [9.17, 15) is 9.59 Å². The Labute approximate surface area is 108 Å². The second-order valence-corrected chi connectivity index (χ2v) is 3.39. The highest BCUT2D eigenvalue weighted by atomic mass is 16.5. The molecule has 0 spiro atoms. The van der Waals surface area contributed by atoms with Crippen LogP contribution in [-0.4, -0.2) is 19.0 Å². The van der Waals surface area contributed by atoms with Crippen LogP contribution in [0, 0.1) is 6.92 Å². The predicted molar refractivity (Wildman–Crippen MR) is 72.8 cm³/mol. The van der Waals surface area contributed by atoms with Crippen molar-refractivity contribution in [1.29, 1.82) is 0 Å². The molecule has 0 aliphatic carbocycles. The number of methoxy groups -OCH3 is 1. The van der Waals surface area contributed by atoms with Crippen molar-refractivity contribution in [2.75, 3.05) is 12.4 Å². The summed E-state index contributed by atoms with van der Waals surface area (Å²) in [6.45, 7) is 7.59. The summed E-state index contributed by atoms with van der Waals surface area (Å²) < 4.78 is 4.66. The van der Waals surface area contributed by atoms with Crippen molar-refractivity contribution < 1.29 is 14.3 Å². The minimum Gasteiger partial charge on any atom is -0.465 e. The van der Waals surface area contributed by atoms with E-state index in [1.807, 2.05) is 26.8 Å². The predicted octanol–water partition coefficient (Wildman–Crippen LogP) is 3.16. The Kier molecular flexibility index (Phi) is 7.43. The quantitative estimate of drug-likeness (QED) is 0.839. The first-order valence-corrected chi connectivity index (χ1v) is 6.08. The molecular formula is C14H21NO3. The first-order valence-electron chi connectivity index (χ1n) is 6.08. The number of anilines is 1. The molecule has 0 saturated carbocycles. The molecule has 0 radical (unpaired) electrons. The highest BCUT2D eigenvalue weighted by Gasteiger charge is 2.14. The number of rotatable bonds is 3. The van der Waals surface area contributed by atoms with Gasteiger partial charge in [-0.3, -0.25) is 4.79 Å². The molecular weight excluding hydrogens is 230 g/mol. The summed E-state index contributed by atoms with van der Waals surface area (Å²) in [6.07, 6.45) is 0.370. The van der Waals surface area contributed by atoms with Gasteiger partial charge < -0.3 is 10.1 Å². The number of para-hydroxylation sites is 1. The van der Waals surface area contributed by atoms with Gasteiger partial charge >= 0.3 is 5.97 Å². The average molecular weight is 251 g/mol. The molecule has 18 heavy (non-hydrogen) atoms. The highest BCUT2D eigenvalue weighted by Crippen LogP contribution is 2.21. The van der Waals surface area contributed by atoms with Crippen molar-refractivity contribution in [3.8, 4) is 0 Å². The molecule has 1 aromatic carbocycles. The fraction of sp³-hybridized carbons (Fsp3) is 0.429. The number of aryl methyl sites for hydroxylation is 1. The van der Waals surface area contributed by atoms with E-state index in [0.717, 1.165) is 5.56 Å². The topological polar surface area (TPSA) is 55.4 Å². The zero-order chi connectivity index (χ0) is 14.1. The van der Waals surface area contributed by atoms with Crippen molar-refractivity contribution in [2.24, 2.45) is 0 Å². The lowest BCUT2D eigenvalue weighted by atomic mass is 10.1. The van der Waals surface area contributed by atoms with Gasteiger partial charge in [0.1, 0.15) is 0 Å². The van der Waals surface area contributed by atoms with E-state index in [1.54, 1.807) is 19.1 Å². The molecule has 4 nitrogen and oxygen atoms in total. The maximum Gasteiger partial charge on any atom is 0.339 e. The van der Waals surface area contributed by atoms with Crippen LogP contribution < -0.4 is 5.32 Å². The van der Waals surface area contributed by atoms with Crippen LogP contribution in [0.25, 0.3) is 0 Å². The normalized spacial score (nSPS) is 8.94. The summed E-state index contributed by atoms with van der Waals surface area (Å²) in [7, 11) is 1.32. The number of carbonyl (C=O) groups excluding carboxylic acids is 2. The van der Waals surface area contributed by atoms with E-state index in [4.69, 9.17) is 0 Å². The molecule has 1 N–H and O–H groups in total. The van der Waals surface area contributed by atoms with Crippen LogP contribution in [0.1, 0.15) is 43.1 Å². The molecule has 0 aromatic heterocycles. The van der Waals surface area contributed by atoms with E-state index in [-0.39, 0.29) is 5.91 Å². The lowest BCUT2D eigenvalue weighted by Crippen LogP contribution is -2.15. The second kappa shape index (κ2) is 8.28. The molecule has 1 amide bonds. The molecule has 0 aliphatic rings. The molecule has 0 saturated heterocycles. The number of hydrogen-bond acceptors (Lipinski definition) is 3. The van der Waals surface area contributed by atoms with Crippen molar-refractivity contribution in [3.05, 3.63) is 29.3 Å². The monoisotopic (exact) mass is 251 g/mol. The summed E-state index contributed by atoms with van der Waals surface area (Å²) in [5.74, 6) is -0.574. The van der Waals surface area contributed by atoms with Gasteiger partial charge in [-0.15, -0.1) is 0 Å². The summed E-state index contributed by atoms with van der Waals surface area (Å²) >= 11 is 0. The smallest absolute Gasteiger partial charge is 0.339 e. The molecule has 0 atom stereocenters. The Hall–Kier alpha value is -1.84. The SMILES string of the molecule is CC.CCC(=O)Nc1c(C)cccc1C(=O)OC. The summed E-state index contributed by atoms with van der Waals surface area (Å²) in [6, 6.07) is 5.21. The van der Waals surface area contributed by atoms with E-state index in [0.29, 0.717) is 17.7 Å². The van der Waals surface area contributed by atoms with Crippen molar-refractivity contribution in [1.82, 2.24) is 0 Å². The molecule has 0 bridgehead atoms. The fourth-order valence-corrected chi connectivity index (χ4v) is 1.34. The van der Waals surface area contributed by atoms with E-state index < -0.39 is 5.97 Å². The molecule has 0 heterocycles. The van der Waals surface area contributed by atoms with E-state index >= 15 is 0 Å². The largest absolute Gasteiger partial charge is 0.465 e. The van der Waals surface area contributed by atoms with Crippen LogP contribution in [0.2, 0.25) is 0 Å². The lowest BCUT2D eigenvalue weighted by molar-refractivity contribution is -0.115. The van der Waals surface area contributed by atoms with Crippen molar-refractivity contribution >= 4 is 17.6 Å². The Morgan fingerprint density at radius 2 is 1.89 bits per heavy atom. The first kappa shape index (κ1) is 16.2. The third kappa shape index (κ3) is 4.20. The van der Waals surface area contributed by atoms with Gasteiger partial charge in [0.2, 0.25) is 5.91 Å². The molecule has 0 aliphatic heterocycles. The van der Waals surface area contributed by atoms with Crippen molar-refractivity contribution in [2.45, 2.75) is 34.1 Å². The van der Waals surface area contributed by atoms with Gasteiger partial charge in [0.05, 0.1) is 18.4 Å². The Bertz CT molecular complexity index is 414. The maximum absolute atomic E-state index is 11.5. The molecule has 1 aromatic rings. The molecule has 1 rings (SSSR count). The van der Waals surface area contributed by atoms with Crippen LogP contribution in [0.15, 0.2) is 18.2 Å². The van der Waals surface area contributed by atoms with Gasteiger partial charge in [0.15, 0.2) is 0 Å². The Morgan fingerprint density at radius 1 is 1.28 bits per heavy atom. The van der Waals surface area contributed by atoms with Crippen LogP contribution in [0.3, 0.4) is 0 Å². The number of amides is 1. The number of carbonyl (C=O) groups is 2. The number of hydrogen-bond donors (Lipinski definition) is 1. The number of ether oxygens (including phenoxy) is 1. The van der Waals surface area contributed by atoms with Crippen LogP contribution in [0.5, 0.6) is 0 Å². The van der Waals surface area contributed by atoms with E-state index in [2.05, 4.69) is 10.1 Å². The summed E-state index contributed by atoms with van der Waals surface area (Å²) in [5.41, 5.74) is 1.75. The number of nitrogens with one attached hydrogen (secondary N) is 1. The fourth-order valence-electron chi connectivity index (χ4n) is 1.34. The maximum atomic E-state index is 11.5. The van der Waals surface area contributed by atoms with Gasteiger partial charge in [0.25, 0.3) is 0 Å². The van der Waals surface area contributed by atoms with Crippen LogP contribution in [-0.2, 0) is 9.53 Å². The zero-order valence-corrected chi connectivity index (χ0v) is 11.7. The van der Waals surface area contributed by atoms with Gasteiger partial charge in [-0.2, -0.15) is 0 Å². The van der Waals surface area contributed by atoms with Crippen LogP contribution >= 0.6 is 0 Å². The third-order valence-electron chi connectivity index (χ3n) is 2.26. The van der Waals surface area contributed by atoms with E-state index in [1.165, 1.54) is 7.11 Å². The second-order valence-electron chi connectivity index (χ2n) is 3.39. The third-order valence-corrected chi connectivity index (χ3v) is 2.26. The molecule has 4 heteroatoms. The van der Waals surface area contributed by atoms with Gasteiger partial charge in [0, 0.05) is 6.42 Å².